The van der Waals surface area contributed by atoms with Crippen LogP contribution in [-0.2, 0) is 4.79 Å². The molecule has 7 nitrogen and oxygen atoms in total. The van der Waals surface area contributed by atoms with E-state index in [0.29, 0.717) is 19.6 Å². The topological polar surface area (TPSA) is 73.6 Å². The first-order chi connectivity index (χ1) is 16.7. The van der Waals surface area contributed by atoms with Crippen LogP contribution in [0.3, 0.4) is 0 Å². The first kappa shape index (κ1) is 23.1. The Kier molecular flexibility index (Phi) is 5.84. The van der Waals surface area contributed by atoms with Crippen molar-refractivity contribution in [2.45, 2.75) is 32.4 Å². The summed E-state index contributed by atoms with van der Waals surface area (Å²) in [6, 6.07) is 8.43. The van der Waals surface area contributed by atoms with Gasteiger partial charge in [-0.05, 0) is 62.9 Å². The maximum Gasteiger partial charge on any atom is 0.254 e. The molecular weight excluding hydrogens is 445 g/mol. The molecular formula is C27H30FN5O2. The first-order valence-corrected chi connectivity index (χ1v) is 11.9. The van der Waals surface area contributed by atoms with Gasteiger partial charge in [-0.2, -0.15) is 0 Å². The lowest BCUT2D eigenvalue weighted by Crippen LogP contribution is -2.58. The summed E-state index contributed by atoms with van der Waals surface area (Å²) in [5.74, 6) is 0.282. The average molecular weight is 476 g/mol. The number of hydrogen-bond acceptors (Lipinski definition) is 5. The fourth-order valence-corrected chi connectivity index (χ4v) is 4.92. The van der Waals surface area contributed by atoms with Gasteiger partial charge < -0.3 is 24.8 Å². The van der Waals surface area contributed by atoms with E-state index in [9.17, 15) is 14.3 Å². The second kappa shape index (κ2) is 8.85. The molecule has 8 heteroatoms. The molecule has 1 atom stereocenters. The fourth-order valence-electron chi connectivity index (χ4n) is 4.92. The molecule has 0 aliphatic carbocycles. The van der Waals surface area contributed by atoms with Gasteiger partial charge >= 0.3 is 0 Å². The summed E-state index contributed by atoms with van der Waals surface area (Å²) >= 11 is 0. The number of rotatable bonds is 4. The molecule has 1 aromatic carbocycles. The van der Waals surface area contributed by atoms with Crippen molar-refractivity contribution in [3.05, 3.63) is 72.5 Å². The Balaban J connectivity index is 1.60. The van der Waals surface area contributed by atoms with Crippen LogP contribution in [0.15, 0.2) is 61.1 Å². The molecule has 5 rings (SSSR count). The molecule has 182 valence electrons. The van der Waals surface area contributed by atoms with E-state index < -0.39 is 5.60 Å². The predicted octanol–water partition coefficient (Wildman–Crippen LogP) is 3.47. The molecule has 2 aromatic heterocycles. The lowest BCUT2D eigenvalue weighted by Gasteiger charge is -2.42. The highest BCUT2D eigenvalue weighted by Crippen LogP contribution is 2.37. The highest BCUT2D eigenvalue weighted by molar-refractivity contribution is 6.03. The zero-order valence-electron chi connectivity index (χ0n) is 20.2. The van der Waals surface area contributed by atoms with Crippen molar-refractivity contribution >= 4 is 28.2 Å². The molecule has 1 saturated heterocycles. The van der Waals surface area contributed by atoms with E-state index in [-0.39, 0.29) is 17.8 Å². The largest absolute Gasteiger partial charge is 0.387 e. The number of pyridine rings is 1. The van der Waals surface area contributed by atoms with Crippen molar-refractivity contribution in [1.82, 2.24) is 19.8 Å². The van der Waals surface area contributed by atoms with Crippen LogP contribution in [0.1, 0.15) is 26.3 Å². The Hall–Kier alpha value is -3.65. The van der Waals surface area contributed by atoms with Crippen LogP contribution in [0.25, 0.3) is 22.2 Å². The van der Waals surface area contributed by atoms with Crippen LogP contribution in [-0.4, -0.2) is 63.3 Å². The standard InChI is InChI=1S/C27H30FN5O2/c1-18-16-31(13-14-32(18)26(34)27(2,3)35)25-24-22(19-7-10-29-11-8-19)17-33(23(24)9-12-30-25)21-6-4-5-20(28)15-21/h4-10,12,15,17-18,29,35H,11,13-14,16H2,1-3H3. The Morgan fingerprint density at radius 2 is 2.09 bits per heavy atom. The minimum Gasteiger partial charge on any atom is -0.387 e. The number of hydrogen-bond donors (Lipinski definition) is 2. The monoisotopic (exact) mass is 475 g/mol. The number of anilines is 1. The van der Waals surface area contributed by atoms with Gasteiger partial charge in [-0.25, -0.2) is 9.37 Å². The molecule has 2 aliphatic heterocycles. The molecule has 1 fully saturated rings. The molecule has 1 unspecified atom stereocenters. The summed E-state index contributed by atoms with van der Waals surface area (Å²) in [6.07, 6.45) is 9.92. The summed E-state index contributed by atoms with van der Waals surface area (Å²) < 4.78 is 16.1. The number of benzene rings is 1. The molecule has 4 heterocycles. The molecule has 0 saturated carbocycles. The maximum absolute atomic E-state index is 14.1. The molecule has 0 radical (unpaired) electrons. The third-order valence-corrected chi connectivity index (χ3v) is 6.63. The number of carbonyl (C=O) groups excluding carboxylic acids is 1. The summed E-state index contributed by atoms with van der Waals surface area (Å²) in [5, 5.41) is 14.4. The van der Waals surface area contributed by atoms with E-state index in [1.54, 1.807) is 17.2 Å². The van der Waals surface area contributed by atoms with Crippen LogP contribution in [0, 0.1) is 5.82 Å². The van der Waals surface area contributed by atoms with Gasteiger partial charge in [0.15, 0.2) is 0 Å². The normalized spacial score (nSPS) is 18.5. The van der Waals surface area contributed by atoms with E-state index >= 15 is 0 Å². The van der Waals surface area contributed by atoms with E-state index in [1.165, 1.54) is 26.0 Å². The van der Waals surface area contributed by atoms with Gasteiger partial charge in [0.05, 0.1) is 10.9 Å². The van der Waals surface area contributed by atoms with Gasteiger partial charge in [-0.15, -0.1) is 0 Å². The van der Waals surface area contributed by atoms with Crippen molar-refractivity contribution in [1.29, 1.82) is 0 Å². The van der Waals surface area contributed by atoms with E-state index in [0.717, 1.165) is 40.1 Å². The van der Waals surface area contributed by atoms with Crippen molar-refractivity contribution in [2.24, 2.45) is 0 Å². The third-order valence-electron chi connectivity index (χ3n) is 6.63. The first-order valence-electron chi connectivity index (χ1n) is 11.9. The summed E-state index contributed by atoms with van der Waals surface area (Å²) in [7, 11) is 0. The van der Waals surface area contributed by atoms with E-state index in [1.807, 2.05) is 42.1 Å². The Bertz CT molecular complexity index is 1340. The lowest BCUT2D eigenvalue weighted by molar-refractivity contribution is -0.150. The third kappa shape index (κ3) is 4.30. The number of nitrogens with zero attached hydrogens (tertiary/aromatic N) is 4. The Labute approximate surface area is 204 Å². The van der Waals surface area contributed by atoms with Crippen molar-refractivity contribution in [3.63, 3.8) is 0 Å². The quantitative estimate of drug-likeness (QED) is 0.605. The van der Waals surface area contributed by atoms with Crippen LogP contribution < -0.4 is 10.2 Å². The highest BCUT2D eigenvalue weighted by Gasteiger charge is 2.36. The van der Waals surface area contributed by atoms with Crippen molar-refractivity contribution in [3.8, 4) is 5.69 Å². The maximum atomic E-state index is 14.1. The smallest absolute Gasteiger partial charge is 0.254 e. The number of amides is 1. The van der Waals surface area contributed by atoms with Gasteiger partial charge in [0.25, 0.3) is 5.91 Å². The van der Waals surface area contributed by atoms with Crippen molar-refractivity contribution < 1.29 is 14.3 Å². The summed E-state index contributed by atoms with van der Waals surface area (Å²) in [4.78, 5) is 21.4. The zero-order chi connectivity index (χ0) is 24.7. The number of aliphatic hydroxyl groups is 1. The number of aromatic nitrogens is 2. The van der Waals surface area contributed by atoms with E-state index in [2.05, 4.69) is 16.3 Å². The number of allylic oxidation sites excluding steroid dienone is 2. The van der Waals surface area contributed by atoms with Gasteiger partial charge in [0.2, 0.25) is 0 Å². The van der Waals surface area contributed by atoms with Gasteiger partial charge in [-0.3, -0.25) is 4.79 Å². The second-order valence-electron chi connectivity index (χ2n) is 9.67. The number of fused-ring (bicyclic) bond motifs is 1. The summed E-state index contributed by atoms with van der Waals surface area (Å²) in [5.41, 5.74) is 2.37. The molecule has 0 spiro atoms. The highest BCUT2D eigenvalue weighted by atomic mass is 19.1. The SMILES string of the molecule is CC1CN(c2nccc3c2c(C2=CCNC=C2)cn3-c2cccc(F)c2)CCN1C(=O)C(C)(C)O. The number of carbonyl (C=O) groups is 1. The second-order valence-corrected chi connectivity index (χ2v) is 9.67. The fraction of sp³-hybridized carbons (Fsp3) is 0.333. The lowest BCUT2D eigenvalue weighted by atomic mass is 10.0. The minimum absolute atomic E-state index is 0.0912. The van der Waals surface area contributed by atoms with Gasteiger partial charge in [-0.1, -0.05) is 12.1 Å². The number of nitrogens with one attached hydrogen (secondary N) is 1. The molecule has 0 bridgehead atoms. The van der Waals surface area contributed by atoms with E-state index in [4.69, 9.17) is 4.98 Å². The zero-order valence-corrected chi connectivity index (χ0v) is 20.2. The van der Waals surface area contributed by atoms with Crippen LogP contribution in [0.4, 0.5) is 10.2 Å². The van der Waals surface area contributed by atoms with Crippen molar-refractivity contribution in [2.75, 3.05) is 31.1 Å². The number of piperazine rings is 1. The molecule has 35 heavy (non-hydrogen) atoms. The average Bonchev–Trinajstić information content (AvgIpc) is 3.23. The summed E-state index contributed by atoms with van der Waals surface area (Å²) in [6.45, 7) is 7.45. The Morgan fingerprint density at radius 3 is 2.77 bits per heavy atom. The van der Waals surface area contributed by atoms with Gasteiger partial charge in [0.1, 0.15) is 17.2 Å². The van der Waals surface area contributed by atoms with Crippen LogP contribution in [0.5, 0.6) is 0 Å². The van der Waals surface area contributed by atoms with Crippen LogP contribution >= 0.6 is 0 Å². The number of dihydropyridines is 1. The molecule has 1 amide bonds. The van der Waals surface area contributed by atoms with Gasteiger partial charge in [0, 0.05) is 55.9 Å². The molecule has 3 aromatic rings. The molecule has 2 aliphatic rings. The minimum atomic E-state index is -1.40. The van der Waals surface area contributed by atoms with Crippen LogP contribution in [0.2, 0.25) is 0 Å². The molecule has 2 N–H and O–H groups in total. The Morgan fingerprint density at radius 1 is 1.26 bits per heavy atom. The predicted molar refractivity (Wildman–Crippen MR) is 136 cm³/mol. The number of halogens is 1.